The molecule has 2 aliphatic heterocycles. The van der Waals surface area contributed by atoms with Gasteiger partial charge in [0, 0.05) is 24.1 Å². The van der Waals surface area contributed by atoms with Crippen molar-refractivity contribution in [3.05, 3.63) is 41.0 Å². The van der Waals surface area contributed by atoms with Crippen LogP contribution in [0.15, 0.2) is 24.3 Å². The number of carbonyl (C=O) groups is 1. The van der Waals surface area contributed by atoms with E-state index in [2.05, 4.69) is 16.5 Å². The summed E-state index contributed by atoms with van der Waals surface area (Å²) in [5.74, 6) is 1.54. The number of aromatic nitrogens is 2. The quantitative estimate of drug-likeness (QED) is 0.671. The van der Waals surface area contributed by atoms with Crippen molar-refractivity contribution in [1.82, 2.24) is 9.78 Å². The van der Waals surface area contributed by atoms with E-state index < -0.39 is 13.0 Å². The number of primary amides is 1. The van der Waals surface area contributed by atoms with Gasteiger partial charge in [0.15, 0.2) is 5.82 Å². The molecule has 1 amide bonds. The van der Waals surface area contributed by atoms with Gasteiger partial charge in [-0.2, -0.15) is 10.4 Å². The van der Waals surface area contributed by atoms with Crippen LogP contribution in [0.25, 0.3) is 6.08 Å². The Morgan fingerprint density at radius 3 is 3.10 bits per heavy atom. The minimum Gasteiger partial charge on any atom is -0.532 e. The second-order valence-corrected chi connectivity index (χ2v) is 7.10. The van der Waals surface area contributed by atoms with Crippen molar-refractivity contribution in [3.8, 4) is 11.8 Å². The Morgan fingerprint density at radius 2 is 2.34 bits per heavy atom. The molecule has 1 aromatic heterocycles. The number of nitrogens with two attached hydrogens (primary N) is 1. The lowest BCUT2D eigenvalue weighted by molar-refractivity contribution is 0.0342. The molecule has 1 saturated heterocycles. The molecular weight excluding hydrogens is 373 g/mol. The minimum atomic E-state index is -0.969. The van der Waals surface area contributed by atoms with Crippen molar-refractivity contribution in [1.29, 1.82) is 5.26 Å². The number of ether oxygens (including phenoxy) is 1. The van der Waals surface area contributed by atoms with Gasteiger partial charge in [-0.1, -0.05) is 6.08 Å². The zero-order valence-electron chi connectivity index (χ0n) is 15.8. The van der Waals surface area contributed by atoms with Gasteiger partial charge in [-0.05, 0) is 37.0 Å². The van der Waals surface area contributed by atoms with Crippen molar-refractivity contribution in [2.24, 2.45) is 11.7 Å². The first kappa shape index (κ1) is 19.0. The normalized spacial score (nSPS) is 20.5. The molecule has 4 rings (SSSR count). The number of anilines is 2. The van der Waals surface area contributed by atoms with Crippen molar-refractivity contribution in [2.45, 2.75) is 19.4 Å². The first-order valence-electron chi connectivity index (χ1n) is 9.27. The second kappa shape index (κ2) is 7.62. The third kappa shape index (κ3) is 3.70. The number of hydrogen-bond donors (Lipinski definition) is 3. The summed E-state index contributed by atoms with van der Waals surface area (Å²) in [7, 11) is -0.969. The Bertz CT molecular complexity index is 1030. The fourth-order valence-corrected chi connectivity index (χ4v) is 3.52. The molecule has 1 fully saturated rings. The molecule has 2 aliphatic rings. The average molecular weight is 393 g/mol. The molecule has 0 aliphatic carbocycles. The van der Waals surface area contributed by atoms with Crippen LogP contribution in [0.3, 0.4) is 0 Å². The maximum absolute atomic E-state index is 12.0. The first-order valence-corrected chi connectivity index (χ1v) is 9.27. The number of rotatable bonds is 4. The lowest BCUT2D eigenvalue weighted by Gasteiger charge is -2.27. The van der Waals surface area contributed by atoms with E-state index >= 15 is 0 Å². The monoisotopic (exact) mass is 393 g/mol. The molecule has 9 nitrogen and oxygen atoms in total. The van der Waals surface area contributed by atoms with E-state index in [1.165, 1.54) is 5.98 Å². The smallest absolute Gasteiger partial charge is 0.532 e. The number of amides is 1. The molecule has 1 aromatic carbocycles. The molecular formula is C19H20BN5O4. The van der Waals surface area contributed by atoms with E-state index in [1.54, 1.807) is 23.0 Å². The lowest BCUT2D eigenvalue weighted by atomic mass is 9.86. The van der Waals surface area contributed by atoms with Crippen LogP contribution in [0.4, 0.5) is 11.5 Å². The van der Waals surface area contributed by atoms with Gasteiger partial charge in [0.25, 0.3) is 5.91 Å². The third-order valence-corrected chi connectivity index (χ3v) is 5.13. The summed E-state index contributed by atoms with van der Waals surface area (Å²) in [6.07, 6.45) is 3.93. The zero-order chi connectivity index (χ0) is 20.5. The highest BCUT2D eigenvalue weighted by Crippen LogP contribution is 2.33. The molecule has 2 atom stereocenters. The highest BCUT2D eigenvalue weighted by molar-refractivity contribution is 6.51. The highest BCUT2D eigenvalue weighted by Gasteiger charge is 2.30. The van der Waals surface area contributed by atoms with Crippen LogP contribution in [-0.2, 0) is 4.74 Å². The molecule has 10 heteroatoms. The number of carbonyl (C=O) groups excluding carboxylic acids is 1. The fraction of sp³-hybridized carbons (Fsp3) is 0.316. The van der Waals surface area contributed by atoms with Gasteiger partial charge < -0.3 is 25.5 Å². The van der Waals surface area contributed by atoms with E-state index in [4.69, 9.17) is 15.1 Å². The molecule has 2 aromatic rings. The number of nitriles is 1. The summed E-state index contributed by atoms with van der Waals surface area (Å²) in [4.78, 5) is 12.0. The van der Waals surface area contributed by atoms with Gasteiger partial charge in [-0.3, -0.25) is 9.48 Å². The van der Waals surface area contributed by atoms with Gasteiger partial charge in [0.05, 0.1) is 24.6 Å². The lowest BCUT2D eigenvalue weighted by Crippen LogP contribution is -2.29. The first-order chi connectivity index (χ1) is 14.0. The minimum absolute atomic E-state index is 0.228. The van der Waals surface area contributed by atoms with Gasteiger partial charge >= 0.3 is 7.12 Å². The van der Waals surface area contributed by atoms with Gasteiger partial charge in [0.1, 0.15) is 11.3 Å². The Morgan fingerprint density at radius 1 is 1.52 bits per heavy atom. The van der Waals surface area contributed by atoms with Crippen molar-refractivity contribution >= 4 is 30.6 Å². The zero-order valence-corrected chi connectivity index (χ0v) is 15.8. The Labute approximate surface area is 167 Å². The van der Waals surface area contributed by atoms with E-state index in [0.717, 1.165) is 16.8 Å². The molecule has 0 radical (unpaired) electrons. The van der Waals surface area contributed by atoms with Crippen LogP contribution in [-0.4, -0.2) is 41.0 Å². The number of aryl methyl sites for hydroxylation is 1. The number of benzene rings is 1. The van der Waals surface area contributed by atoms with Crippen molar-refractivity contribution in [2.75, 3.05) is 18.5 Å². The largest absolute Gasteiger partial charge is 0.552 e. The predicted octanol–water partition coefficient (Wildman–Crippen LogP) is 1.56. The van der Waals surface area contributed by atoms with E-state index in [9.17, 15) is 15.1 Å². The fourth-order valence-electron chi connectivity index (χ4n) is 3.52. The molecule has 0 unspecified atom stereocenters. The van der Waals surface area contributed by atoms with Crippen LogP contribution >= 0.6 is 0 Å². The molecule has 29 heavy (non-hydrogen) atoms. The predicted molar refractivity (Wildman–Crippen MR) is 106 cm³/mol. The summed E-state index contributed by atoms with van der Waals surface area (Å²) >= 11 is 0. The highest BCUT2D eigenvalue weighted by atomic mass is 16.5. The molecule has 0 spiro atoms. The second-order valence-electron chi connectivity index (χ2n) is 7.10. The Kier molecular flexibility index (Phi) is 5.00. The summed E-state index contributed by atoms with van der Waals surface area (Å²) in [5.41, 5.74) is 8.13. The molecule has 4 N–H and O–H groups in total. The maximum atomic E-state index is 12.0. The van der Waals surface area contributed by atoms with Crippen molar-refractivity contribution in [3.63, 3.8) is 0 Å². The summed E-state index contributed by atoms with van der Waals surface area (Å²) in [5, 5.41) is 26.7. The van der Waals surface area contributed by atoms with Crippen molar-refractivity contribution < 1.29 is 19.2 Å². The Balaban J connectivity index is 1.68. The number of hydrogen-bond acceptors (Lipinski definition) is 7. The number of nitrogens with one attached hydrogen (secondary N) is 1. The number of nitrogens with zero attached hydrogens (tertiary/aromatic N) is 3. The van der Waals surface area contributed by atoms with Crippen LogP contribution in [0.1, 0.15) is 33.9 Å². The van der Waals surface area contributed by atoms with Gasteiger partial charge in [0.2, 0.25) is 0 Å². The van der Waals surface area contributed by atoms with E-state index in [1.807, 2.05) is 13.0 Å². The molecule has 3 heterocycles. The van der Waals surface area contributed by atoms with E-state index in [0.29, 0.717) is 31.2 Å². The standard InChI is InChI=1S/C19H20BN5O4/c1-11-6-17-12(2-4-20(27)29-17)7-15(11)23-19-14(18(22)26)9-25(24-19)16-10-28-5-3-13(16)8-21/h2,4,6-7,9,13,16,27H,3,5,10H2,1H3,(H2,22,26)(H,23,24)/t13-,16+/m0/s1. The molecule has 148 valence electrons. The van der Waals surface area contributed by atoms with E-state index in [-0.39, 0.29) is 17.5 Å². The third-order valence-electron chi connectivity index (χ3n) is 5.13. The Hall–Kier alpha value is -3.29. The summed E-state index contributed by atoms with van der Waals surface area (Å²) in [6.45, 7) is 2.75. The topological polar surface area (TPSA) is 135 Å². The van der Waals surface area contributed by atoms with Crippen LogP contribution in [0, 0.1) is 24.2 Å². The van der Waals surface area contributed by atoms with Crippen LogP contribution < -0.4 is 15.7 Å². The molecule has 0 bridgehead atoms. The van der Waals surface area contributed by atoms with Crippen LogP contribution in [0.2, 0.25) is 0 Å². The average Bonchev–Trinajstić information content (AvgIpc) is 3.12. The summed E-state index contributed by atoms with van der Waals surface area (Å²) in [6, 6.07) is 5.64. The van der Waals surface area contributed by atoms with Gasteiger partial charge in [-0.25, -0.2) is 0 Å². The van der Waals surface area contributed by atoms with Crippen LogP contribution in [0.5, 0.6) is 5.75 Å². The number of fused-ring (bicyclic) bond motifs is 1. The summed E-state index contributed by atoms with van der Waals surface area (Å²) < 4.78 is 12.5. The maximum Gasteiger partial charge on any atom is 0.552 e. The van der Waals surface area contributed by atoms with Gasteiger partial charge in [-0.15, -0.1) is 0 Å². The SMILES string of the molecule is Cc1cc2c(cc1Nc1nn([C@@H]3COCC[C@H]3C#N)cc1C(N)=O)C=CB(O)O2. The molecule has 0 saturated carbocycles.